The summed E-state index contributed by atoms with van der Waals surface area (Å²) in [5, 5.41) is 4.16. The summed E-state index contributed by atoms with van der Waals surface area (Å²) in [4.78, 5) is 14.8. The first-order chi connectivity index (χ1) is 10.1. The van der Waals surface area contributed by atoms with Crippen LogP contribution >= 0.6 is 11.6 Å². The van der Waals surface area contributed by atoms with Crippen molar-refractivity contribution in [2.45, 2.75) is 38.6 Å². The van der Waals surface area contributed by atoms with Gasteiger partial charge in [-0.2, -0.15) is 0 Å². The second-order valence-corrected chi connectivity index (χ2v) is 6.82. The minimum atomic E-state index is 0.123. The number of hydrogen-bond donors (Lipinski definition) is 1. The van der Waals surface area contributed by atoms with Crippen LogP contribution in [0.3, 0.4) is 0 Å². The molecule has 3 rings (SSSR count). The fourth-order valence-electron chi connectivity index (χ4n) is 2.94. The van der Waals surface area contributed by atoms with E-state index in [2.05, 4.69) is 5.32 Å². The van der Waals surface area contributed by atoms with Crippen molar-refractivity contribution in [1.82, 2.24) is 10.2 Å². The minimum absolute atomic E-state index is 0.123. The van der Waals surface area contributed by atoms with Gasteiger partial charge in [-0.05, 0) is 62.8 Å². The summed E-state index contributed by atoms with van der Waals surface area (Å²) in [5.74, 6) is 0.828. The second kappa shape index (κ2) is 6.37. The summed E-state index contributed by atoms with van der Waals surface area (Å²) < 4.78 is 0. The van der Waals surface area contributed by atoms with Gasteiger partial charge in [0.15, 0.2) is 0 Å². The summed E-state index contributed by atoms with van der Waals surface area (Å²) in [6.07, 6.45) is 4.91. The number of amides is 1. The van der Waals surface area contributed by atoms with Crippen molar-refractivity contribution in [2.75, 3.05) is 19.6 Å². The summed E-state index contributed by atoms with van der Waals surface area (Å²) >= 11 is 6.17. The normalized spacial score (nSPS) is 21.5. The molecule has 0 radical (unpaired) electrons. The first-order valence-electron chi connectivity index (χ1n) is 7.92. The number of carbonyl (C=O) groups excluding carboxylic acids is 1. The number of halogens is 1. The van der Waals surface area contributed by atoms with Crippen LogP contribution in [0.4, 0.5) is 0 Å². The van der Waals surface area contributed by atoms with Crippen molar-refractivity contribution in [3.8, 4) is 0 Å². The molecule has 4 heteroatoms. The van der Waals surface area contributed by atoms with Crippen LogP contribution in [-0.4, -0.2) is 36.5 Å². The van der Waals surface area contributed by atoms with Crippen LogP contribution in [0, 0.1) is 12.8 Å². The SMILES string of the molecule is Cc1ccc(C(=O)N(CC2CC2)CC2CCCN2)cc1Cl. The van der Waals surface area contributed by atoms with E-state index in [1.54, 1.807) is 6.07 Å². The Kier molecular flexibility index (Phi) is 4.51. The van der Waals surface area contributed by atoms with Gasteiger partial charge in [0.2, 0.25) is 0 Å². The van der Waals surface area contributed by atoms with Crippen molar-refractivity contribution < 1.29 is 4.79 Å². The third kappa shape index (κ3) is 3.78. The Labute approximate surface area is 131 Å². The summed E-state index contributed by atoms with van der Waals surface area (Å²) in [5.41, 5.74) is 1.73. The lowest BCUT2D eigenvalue weighted by Gasteiger charge is -2.26. The molecule has 2 aliphatic rings. The van der Waals surface area contributed by atoms with Crippen LogP contribution in [0.5, 0.6) is 0 Å². The number of aryl methyl sites for hydroxylation is 1. The molecule has 1 N–H and O–H groups in total. The number of hydrogen-bond acceptors (Lipinski definition) is 2. The quantitative estimate of drug-likeness (QED) is 0.905. The Morgan fingerprint density at radius 3 is 2.76 bits per heavy atom. The van der Waals surface area contributed by atoms with Gasteiger partial charge in [0, 0.05) is 29.7 Å². The number of nitrogens with zero attached hydrogens (tertiary/aromatic N) is 1. The summed E-state index contributed by atoms with van der Waals surface area (Å²) in [6.45, 7) is 4.75. The maximum absolute atomic E-state index is 12.8. The number of rotatable bonds is 5. The number of nitrogens with one attached hydrogen (secondary N) is 1. The highest BCUT2D eigenvalue weighted by atomic mass is 35.5. The predicted octanol–water partition coefficient (Wildman–Crippen LogP) is 3.25. The van der Waals surface area contributed by atoms with Gasteiger partial charge < -0.3 is 10.2 Å². The maximum Gasteiger partial charge on any atom is 0.253 e. The molecular weight excluding hydrogens is 284 g/mol. The summed E-state index contributed by atoms with van der Waals surface area (Å²) in [6, 6.07) is 6.08. The van der Waals surface area contributed by atoms with Gasteiger partial charge >= 0.3 is 0 Å². The smallest absolute Gasteiger partial charge is 0.253 e. The van der Waals surface area contributed by atoms with Gasteiger partial charge in [-0.1, -0.05) is 17.7 Å². The van der Waals surface area contributed by atoms with Crippen molar-refractivity contribution >= 4 is 17.5 Å². The summed E-state index contributed by atoms with van der Waals surface area (Å²) in [7, 11) is 0. The van der Waals surface area contributed by atoms with Crippen molar-refractivity contribution in [1.29, 1.82) is 0 Å². The molecule has 1 saturated heterocycles. The molecule has 0 spiro atoms. The highest BCUT2D eigenvalue weighted by Crippen LogP contribution is 2.30. The topological polar surface area (TPSA) is 32.3 Å². The van der Waals surface area contributed by atoms with E-state index in [0.29, 0.717) is 22.5 Å². The van der Waals surface area contributed by atoms with Crippen LogP contribution in [0.15, 0.2) is 18.2 Å². The van der Waals surface area contributed by atoms with E-state index in [4.69, 9.17) is 11.6 Å². The zero-order chi connectivity index (χ0) is 14.8. The first kappa shape index (κ1) is 14.9. The van der Waals surface area contributed by atoms with E-state index in [1.807, 2.05) is 24.0 Å². The van der Waals surface area contributed by atoms with E-state index >= 15 is 0 Å². The van der Waals surface area contributed by atoms with Gasteiger partial charge in [0.05, 0.1) is 0 Å². The number of benzene rings is 1. The Hall–Kier alpha value is -1.06. The van der Waals surface area contributed by atoms with E-state index in [1.165, 1.54) is 25.7 Å². The molecule has 2 fully saturated rings. The van der Waals surface area contributed by atoms with E-state index in [-0.39, 0.29) is 5.91 Å². The van der Waals surface area contributed by atoms with Crippen LogP contribution in [0.1, 0.15) is 41.6 Å². The molecule has 1 aromatic carbocycles. The molecule has 1 saturated carbocycles. The molecule has 1 heterocycles. The Morgan fingerprint density at radius 1 is 1.33 bits per heavy atom. The molecule has 0 bridgehead atoms. The predicted molar refractivity (Wildman–Crippen MR) is 85.8 cm³/mol. The zero-order valence-electron chi connectivity index (χ0n) is 12.6. The van der Waals surface area contributed by atoms with E-state index in [0.717, 1.165) is 25.2 Å². The van der Waals surface area contributed by atoms with Gasteiger partial charge in [0.25, 0.3) is 5.91 Å². The molecule has 1 aromatic rings. The zero-order valence-corrected chi connectivity index (χ0v) is 13.3. The van der Waals surface area contributed by atoms with Gasteiger partial charge in [-0.15, -0.1) is 0 Å². The molecule has 1 unspecified atom stereocenters. The lowest BCUT2D eigenvalue weighted by atomic mass is 10.1. The standard InChI is InChI=1S/C17H23ClN2O/c1-12-4-7-14(9-16(12)18)17(21)20(10-13-5-6-13)11-15-3-2-8-19-15/h4,7,9,13,15,19H,2-3,5-6,8,10-11H2,1H3. The molecule has 1 atom stereocenters. The maximum atomic E-state index is 12.8. The van der Waals surface area contributed by atoms with Crippen molar-refractivity contribution in [2.24, 2.45) is 5.92 Å². The fraction of sp³-hybridized carbons (Fsp3) is 0.588. The lowest BCUT2D eigenvalue weighted by molar-refractivity contribution is 0.0733. The second-order valence-electron chi connectivity index (χ2n) is 6.41. The Bertz CT molecular complexity index is 522. The Balaban J connectivity index is 1.73. The Morgan fingerprint density at radius 2 is 2.14 bits per heavy atom. The third-order valence-corrected chi connectivity index (χ3v) is 4.89. The van der Waals surface area contributed by atoms with Crippen LogP contribution in [0.25, 0.3) is 0 Å². The lowest BCUT2D eigenvalue weighted by Crippen LogP contribution is -2.42. The van der Waals surface area contributed by atoms with Crippen molar-refractivity contribution in [3.63, 3.8) is 0 Å². The largest absolute Gasteiger partial charge is 0.337 e. The highest BCUT2D eigenvalue weighted by Gasteiger charge is 2.29. The van der Waals surface area contributed by atoms with E-state index < -0.39 is 0 Å². The fourth-order valence-corrected chi connectivity index (χ4v) is 3.12. The molecule has 1 aliphatic carbocycles. The highest BCUT2D eigenvalue weighted by molar-refractivity contribution is 6.31. The van der Waals surface area contributed by atoms with Crippen LogP contribution < -0.4 is 5.32 Å². The van der Waals surface area contributed by atoms with Gasteiger partial charge in [-0.25, -0.2) is 0 Å². The molecule has 1 aliphatic heterocycles. The molecular formula is C17H23ClN2O. The monoisotopic (exact) mass is 306 g/mol. The van der Waals surface area contributed by atoms with Crippen LogP contribution in [0.2, 0.25) is 5.02 Å². The molecule has 3 nitrogen and oxygen atoms in total. The average molecular weight is 307 g/mol. The minimum Gasteiger partial charge on any atom is -0.337 e. The molecule has 114 valence electrons. The number of carbonyl (C=O) groups is 1. The van der Waals surface area contributed by atoms with E-state index in [9.17, 15) is 4.79 Å². The molecule has 1 amide bonds. The van der Waals surface area contributed by atoms with Gasteiger partial charge in [0.1, 0.15) is 0 Å². The average Bonchev–Trinajstić information content (AvgIpc) is 3.14. The first-order valence-corrected chi connectivity index (χ1v) is 8.30. The van der Waals surface area contributed by atoms with Gasteiger partial charge in [-0.3, -0.25) is 4.79 Å². The van der Waals surface area contributed by atoms with Crippen LogP contribution in [-0.2, 0) is 0 Å². The molecule has 21 heavy (non-hydrogen) atoms. The third-order valence-electron chi connectivity index (χ3n) is 4.48. The van der Waals surface area contributed by atoms with Crippen molar-refractivity contribution in [3.05, 3.63) is 34.3 Å². The molecule has 0 aromatic heterocycles.